The summed E-state index contributed by atoms with van der Waals surface area (Å²) in [5.41, 5.74) is 1.78. The topological polar surface area (TPSA) is 63.2 Å². The van der Waals surface area contributed by atoms with E-state index in [1.54, 1.807) is 31.5 Å². The van der Waals surface area contributed by atoms with E-state index >= 15 is 0 Å². The molecule has 1 aromatic carbocycles. The lowest BCUT2D eigenvalue weighted by atomic mass is 10.0. The normalized spacial score (nSPS) is 14.9. The van der Waals surface area contributed by atoms with Crippen LogP contribution in [-0.2, 0) is 4.79 Å². The molecule has 1 aliphatic rings. The van der Waals surface area contributed by atoms with E-state index in [1.165, 1.54) is 12.8 Å². The first kappa shape index (κ1) is 16.7. The Morgan fingerprint density at radius 1 is 1.42 bits per heavy atom. The van der Waals surface area contributed by atoms with Crippen LogP contribution in [0, 0.1) is 5.92 Å². The summed E-state index contributed by atoms with van der Waals surface area (Å²) in [5.74, 6) is 1.06. The maximum absolute atomic E-state index is 12.2. The lowest BCUT2D eigenvalue weighted by Crippen LogP contribution is -2.32. The van der Waals surface area contributed by atoms with Gasteiger partial charge in [0, 0.05) is 24.1 Å². The molecule has 1 aromatic heterocycles. The van der Waals surface area contributed by atoms with Crippen LogP contribution in [0.3, 0.4) is 0 Å². The summed E-state index contributed by atoms with van der Waals surface area (Å²) >= 11 is 6.07. The largest absolute Gasteiger partial charge is 0.495 e. The Kier molecular flexibility index (Phi) is 5.33. The molecule has 5 nitrogen and oxygen atoms in total. The van der Waals surface area contributed by atoms with Crippen LogP contribution in [0.1, 0.15) is 24.4 Å². The summed E-state index contributed by atoms with van der Waals surface area (Å²) in [6, 6.07) is 9.31. The summed E-state index contributed by atoms with van der Waals surface area (Å²) in [5, 5.41) is 6.66. The SMILES string of the molecule is COc1ccc(NC(=O)CN[C@@H](c2cccnc2)C2CC2)cc1Cl. The molecule has 2 aromatic rings. The van der Waals surface area contributed by atoms with Crippen LogP contribution in [0.2, 0.25) is 5.02 Å². The van der Waals surface area contributed by atoms with Crippen LogP contribution < -0.4 is 15.4 Å². The molecule has 24 heavy (non-hydrogen) atoms. The number of hydrogen-bond acceptors (Lipinski definition) is 4. The fraction of sp³-hybridized carbons (Fsp3) is 0.333. The van der Waals surface area contributed by atoms with Crippen LogP contribution in [-0.4, -0.2) is 24.5 Å². The zero-order valence-electron chi connectivity index (χ0n) is 13.5. The molecule has 0 radical (unpaired) electrons. The van der Waals surface area contributed by atoms with Gasteiger partial charge in [-0.15, -0.1) is 0 Å². The van der Waals surface area contributed by atoms with Gasteiger partial charge in [0.1, 0.15) is 5.75 Å². The standard InChI is InChI=1S/C18H20ClN3O2/c1-24-16-7-6-14(9-15(16)19)22-17(23)11-21-18(12-4-5-12)13-3-2-8-20-10-13/h2-3,6-10,12,18,21H,4-5,11H2,1H3,(H,22,23)/t18-/m1/s1. The summed E-state index contributed by atoms with van der Waals surface area (Å²) in [6.07, 6.45) is 5.98. The number of methoxy groups -OCH3 is 1. The number of ether oxygens (including phenoxy) is 1. The number of carbonyl (C=O) groups is 1. The van der Waals surface area contributed by atoms with Crippen LogP contribution in [0.4, 0.5) is 5.69 Å². The lowest BCUT2D eigenvalue weighted by molar-refractivity contribution is -0.115. The molecule has 1 aliphatic carbocycles. The highest BCUT2D eigenvalue weighted by molar-refractivity contribution is 6.32. The van der Waals surface area contributed by atoms with Crippen molar-refractivity contribution in [2.24, 2.45) is 5.92 Å². The fourth-order valence-corrected chi connectivity index (χ4v) is 2.96. The molecule has 0 spiro atoms. The van der Waals surface area contributed by atoms with Crippen molar-refractivity contribution < 1.29 is 9.53 Å². The Balaban J connectivity index is 1.57. The van der Waals surface area contributed by atoms with Crippen molar-refractivity contribution >= 4 is 23.2 Å². The number of nitrogens with zero attached hydrogens (tertiary/aromatic N) is 1. The molecule has 1 amide bonds. The summed E-state index contributed by atoms with van der Waals surface area (Å²) in [4.78, 5) is 16.4. The summed E-state index contributed by atoms with van der Waals surface area (Å²) in [7, 11) is 1.56. The van der Waals surface area contributed by atoms with Crippen molar-refractivity contribution in [1.82, 2.24) is 10.3 Å². The van der Waals surface area contributed by atoms with Crippen molar-refractivity contribution in [3.8, 4) is 5.75 Å². The quantitative estimate of drug-likeness (QED) is 0.807. The Hall–Kier alpha value is -2.11. The first-order valence-corrected chi connectivity index (χ1v) is 8.32. The summed E-state index contributed by atoms with van der Waals surface area (Å²) in [6.45, 7) is 0.236. The number of benzene rings is 1. The highest BCUT2D eigenvalue weighted by atomic mass is 35.5. The van der Waals surface area contributed by atoms with Crippen molar-refractivity contribution in [3.63, 3.8) is 0 Å². The molecule has 1 fully saturated rings. The van der Waals surface area contributed by atoms with E-state index in [4.69, 9.17) is 16.3 Å². The van der Waals surface area contributed by atoms with E-state index < -0.39 is 0 Å². The monoisotopic (exact) mass is 345 g/mol. The molecule has 1 atom stereocenters. The molecule has 1 heterocycles. The molecule has 0 aliphatic heterocycles. The maximum Gasteiger partial charge on any atom is 0.238 e. The van der Waals surface area contributed by atoms with Gasteiger partial charge in [0.05, 0.1) is 18.7 Å². The Morgan fingerprint density at radius 3 is 2.88 bits per heavy atom. The second-order valence-electron chi connectivity index (χ2n) is 5.88. The lowest BCUT2D eigenvalue weighted by Gasteiger charge is -2.18. The Morgan fingerprint density at radius 2 is 2.25 bits per heavy atom. The van der Waals surface area contributed by atoms with Gasteiger partial charge in [-0.2, -0.15) is 0 Å². The van der Waals surface area contributed by atoms with Crippen molar-refractivity contribution in [2.45, 2.75) is 18.9 Å². The van der Waals surface area contributed by atoms with Gasteiger partial charge in [-0.1, -0.05) is 17.7 Å². The second kappa shape index (κ2) is 7.64. The third kappa shape index (κ3) is 4.24. The van der Waals surface area contributed by atoms with Crippen molar-refractivity contribution in [3.05, 3.63) is 53.3 Å². The van der Waals surface area contributed by atoms with Gasteiger partial charge in [0.15, 0.2) is 0 Å². The number of carbonyl (C=O) groups excluding carboxylic acids is 1. The summed E-state index contributed by atoms with van der Waals surface area (Å²) < 4.78 is 5.10. The molecule has 1 saturated carbocycles. The van der Waals surface area contributed by atoms with E-state index in [0.29, 0.717) is 22.4 Å². The number of hydrogen-bond donors (Lipinski definition) is 2. The second-order valence-corrected chi connectivity index (χ2v) is 6.29. The average Bonchev–Trinajstić information content (AvgIpc) is 3.41. The predicted molar refractivity (Wildman–Crippen MR) is 94.3 cm³/mol. The Bertz CT molecular complexity index is 705. The number of anilines is 1. The van der Waals surface area contributed by atoms with Crippen LogP contribution >= 0.6 is 11.6 Å². The van der Waals surface area contributed by atoms with Crippen LogP contribution in [0.15, 0.2) is 42.7 Å². The van der Waals surface area contributed by atoms with Gasteiger partial charge in [0.2, 0.25) is 5.91 Å². The molecular weight excluding hydrogens is 326 g/mol. The van der Waals surface area contributed by atoms with Gasteiger partial charge in [-0.3, -0.25) is 9.78 Å². The van der Waals surface area contributed by atoms with Gasteiger partial charge >= 0.3 is 0 Å². The Labute approximate surface area is 146 Å². The highest BCUT2D eigenvalue weighted by Crippen LogP contribution is 2.40. The van der Waals surface area contributed by atoms with E-state index in [2.05, 4.69) is 15.6 Å². The van der Waals surface area contributed by atoms with E-state index in [9.17, 15) is 4.79 Å². The van der Waals surface area contributed by atoms with Crippen LogP contribution in [0.5, 0.6) is 5.75 Å². The number of nitrogens with one attached hydrogen (secondary N) is 2. The molecule has 0 saturated heterocycles. The molecule has 0 unspecified atom stereocenters. The minimum atomic E-state index is -0.106. The van der Waals surface area contributed by atoms with E-state index in [0.717, 1.165) is 5.56 Å². The molecule has 2 N–H and O–H groups in total. The third-order valence-corrected chi connectivity index (χ3v) is 4.35. The minimum absolute atomic E-state index is 0.106. The van der Waals surface area contributed by atoms with Crippen LogP contribution in [0.25, 0.3) is 0 Å². The zero-order valence-corrected chi connectivity index (χ0v) is 14.2. The molecule has 0 bridgehead atoms. The van der Waals surface area contributed by atoms with E-state index in [1.807, 2.05) is 18.3 Å². The van der Waals surface area contributed by atoms with Gasteiger partial charge in [-0.05, 0) is 48.6 Å². The molecule has 3 rings (SSSR count). The minimum Gasteiger partial charge on any atom is -0.495 e. The molecule has 126 valence electrons. The number of halogens is 1. The number of amides is 1. The van der Waals surface area contributed by atoms with Crippen molar-refractivity contribution in [1.29, 1.82) is 0 Å². The van der Waals surface area contributed by atoms with E-state index in [-0.39, 0.29) is 18.5 Å². The van der Waals surface area contributed by atoms with Gasteiger partial charge in [-0.25, -0.2) is 0 Å². The maximum atomic E-state index is 12.2. The molecule has 6 heteroatoms. The fourth-order valence-electron chi connectivity index (χ4n) is 2.70. The average molecular weight is 346 g/mol. The molecular formula is C18H20ClN3O2. The van der Waals surface area contributed by atoms with Gasteiger partial charge < -0.3 is 15.4 Å². The number of pyridine rings is 1. The van der Waals surface area contributed by atoms with Crippen molar-refractivity contribution in [2.75, 3.05) is 19.0 Å². The van der Waals surface area contributed by atoms with Gasteiger partial charge in [0.25, 0.3) is 0 Å². The first-order valence-electron chi connectivity index (χ1n) is 7.94. The first-order chi connectivity index (χ1) is 11.7. The number of rotatable bonds is 7. The number of aromatic nitrogens is 1. The third-order valence-electron chi connectivity index (χ3n) is 4.06. The smallest absolute Gasteiger partial charge is 0.238 e. The zero-order chi connectivity index (χ0) is 16.9. The predicted octanol–water partition coefficient (Wildman–Crippen LogP) is 3.42. The highest BCUT2D eigenvalue weighted by Gasteiger charge is 2.32.